The van der Waals surface area contributed by atoms with E-state index in [2.05, 4.69) is 45.5 Å². The Morgan fingerprint density at radius 2 is 1.91 bits per heavy atom. The van der Waals surface area contributed by atoms with Crippen molar-refractivity contribution in [2.45, 2.75) is 6.92 Å². The first-order valence-electron chi connectivity index (χ1n) is 7.49. The zero-order valence-electron chi connectivity index (χ0n) is 13.0. The molecule has 2 heterocycles. The van der Waals surface area contributed by atoms with Crippen molar-refractivity contribution in [3.8, 4) is 5.75 Å². The minimum absolute atomic E-state index is 0.930. The number of methoxy groups -OCH3 is 1. The standard InChI is InChI=1S/C17H21N3OS/c1-14-7-12-22-17(14)13-18-20-10-8-19(9-11-20)15-5-3-4-6-16(15)21-2/h3-7,12-13H,8-11H2,1-2H3. The third-order valence-corrected chi connectivity index (χ3v) is 4.88. The molecule has 0 unspecified atom stereocenters. The Morgan fingerprint density at radius 1 is 1.14 bits per heavy atom. The molecule has 3 rings (SSSR count). The van der Waals surface area contributed by atoms with Crippen molar-refractivity contribution < 1.29 is 4.74 Å². The molecule has 1 aromatic heterocycles. The van der Waals surface area contributed by atoms with Gasteiger partial charge in [0, 0.05) is 18.0 Å². The second kappa shape index (κ2) is 6.83. The Bertz CT molecular complexity index is 645. The molecule has 0 spiro atoms. The number of hydrogen-bond acceptors (Lipinski definition) is 5. The van der Waals surface area contributed by atoms with Crippen molar-refractivity contribution >= 4 is 23.2 Å². The molecule has 22 heavy (non-hydrogen) atoms. The highest BCUT2D eigenvalue weighted by Crippen LogP contribution is 2.28. The molecule has 0 saturated carbocycles. The molecule has 0 amide bonds. The zero-order valence-corrected chi connectivity index (χ0v) is 13.8. The van der Waals surface area contributed by atoms with E-state index in [1.807, 2.05) is 18.3 Å². The molecule has 0 radical (unpaired) electrons. The molecule has 0 atom stereocenters. The number of benzene rings is 1. The van der Waals surface area contributed by atoms with Crippen LogP contribution in [-0.4, -0.2) is 44.5 Å². The number of anilines is 1. The number of rotatable bonds is 4. The van der Waals surface area contributed by atoms with E-state index in [0.29, 0.717) is 0 Å². The first-order chi connectivity index (χ1) is 10.8. The van der Waals surface area contributed by atoms with Gasteiger partial charge in [0.1, 0.15) is 5.75 Å². The molecule has 0 bridgehead atoms. The Balaban J connectivity index is 1.61. The Hall–Kier alpha value is -2.01. The van der Waals surface area contributed by atoms with E-state index in [1.54, 1.807) is 18.4 Å². The van der Waals surface area contributed by atoms with Crippen LogP contribution in [0.4, 0.5) is 5.69 Å². The summed E-state index contributed by atoms with van der Waals surface area (Å²) in [5.41, 5.74) is 2.46. The van der Waals surface area contributed by atoms with Gasteiger partial charge in [0.25, 0.3) is 0 Å². The molecule has 0 N–H and O–H groups in total. The summed E-state index contributed by atoms with van der Waals surface area (Å²) in [7, 11) is 1.72. The number of nitrogens with zero attached hydrogens (tertiary/aromatic N) is 3. The van der Waals surface area contributed by atoms with Gasteiger partial charge < -0.3 is 9.64 Å². The lowest BCUT2D eigenvalue weighted by Gasteiger charge is -2.35. The summed E-state index contributed by atoms with van der Waals surface area (Å²) in [6.45, 7) is 5.90. The fourth-order valence-electron chi connectivity index (χ4n) is 2.59. The second-order valence-electron chi connectivity index (χ2n) is 5.32. The van der Waals surface area contributed by atoms with Crippen molar-refractivity contribution in [3.63, 3.8) is 0 Å². The zero-order chi connectivity index (χ0) is 15.4. The molecule has 4 nitrogen and oxygen atoms in total. The fraction of sp³-hybridized carbons (Fsp3) is 0.353. The molecule has 0 aliphatic carbocycles. The maximum absolute atomic E-state index is 5.45. The molecule has 1 aliphatic rings. The number of thiophene rings is 1. The summed E-state index contributed by atoms with van der Waals surface area (Å²) in [4.78, 5) is 3.61. The van der Waals surface area contributed by atoms with Crippen LogP contribution < -0.4 is 9.64 Å². The fourth-order valence-corrected chi connectivity index (χ4v) is 3.37. The minimum Gasteiger partial charge on any atom is -0.495 e. The SMILES string of the molecule is COc1ccccc1N1CCN(N=Cc2sccc2C)CC1. The topological polar surface area (TPSA) is 28.1 Å². The van der Waals surface area contributed by atoms with Crippen molar-refractivity contribution in [1.82, 2.24) is 5.01 Å². The summed E-state index contributed by atoms with van der Waals surface area (Å²) in [5.74, 6) is 0.939. The smallest absolute Gasteiger partial charge is 0.142 e. The molecule has 2 aromatic rings. The predicted molar refractivity (Wildman–Crippen MR) is 93.4 cm³/mol. The van der Waals surface area contributed by atoms with Crippen LogP contribution in [0.1, 0.15) is 10.4 Å². The lowest BCUT2D eigenvalue weighted by atomic mass is 10.2. The Kier molecular flexibility index (Phi) is 4.63. The number of para-hydroxylation sites is 2. The van der Waals surface area contributed by atoms with Gasteiger partial charge in [-0.05, 0) is 36.1 Å². The third kappa shape index (κ3) is 3.25. The Labute approximate surface area is 135 Å². The largest absolute Gasteiger partial charge is 0.495 e. The molecule has 1 fully saturated rings. The van der Waals surface area contributed by atoms with Gasteiger partial charge in [0.05, 0.1) is 32.1 Å². The van der Waals surface area contributed by atoms with E-state index in [0.717, 1.165) is 31.9 Å². The lowest BCUT2D eigenvalue weighted by Crippen LogP contribution is -2.44. The van der Waals surface area contributed by atoms with Crippen molar-refractivity contribution in [2.75, 3.05) is 38.2 Å². The first kappa shape index (κ1) is 14.9. The van der Waals surface area contributed by atoms with Gasteiger partial charge in [-0.2, -0.15) is 5.10 Å². The monoisotopic (exact) mass is 315 g/mol. The lowest BCUT2D eigenvalue weighted by molar-refractivity contribution is 0.271. The maximum atomic E-state index is 5.45. The molecule has 1 saturated heterocycles. The highest BCUT2D eigenvalue weighted by atomic mass is 32.1. The van der Waals surface area contributed by atoms with Gasteiger partial charge >= 0.3 is 0 Å². The van der Waals surface area contributed by atoms with Crippen LogP contribution in [-0.2, 0) is 0 Å². The average Bonchev–Trinajstić information content (AvgIpc) is 2.98. The summed E-state index contributed by atoms with van der Waals surface area (Å²) in [6.07, 6.45) is 1.98. The highest BCUT2D eigenvalue weighted by molar-refractivity contribution is 7.11. The van der Waals surface area contributed by atoms with E-state index in [-0.39, 0.29) is 0 Å². The van der Waals surface area contributed by atoms with Crippen LogP contribution in [0.3, 0.4) is 0 Å². The van der Waals surface area contributed by atoms with E-state index in [1.165, 1.54) is 16.1 Å². The predicted octanol–water partition coefficient (Wildman–Crippen LogP) is 3.22. The van der Waals surface area contributed by atoms with E-state index in [4.69, 9.17) is 4.74 Å². The number of piperazine rings is 1. The summed E-state index contributed by atoms with van der Waals surface area (Å²) >= 11 is 1.74. The molecule has 1 aliphatic heterocycles. The summed E-state index contributed by atoms with van der Waals surface area (Å²) < 4.78 is 5.45. The van der Waals surface area contributed by atoms with Gasteiger partial charge in [0.2, 0.25) is 0 Å². The van der Waals surface area contributed by atoms with E-state index in [9.17, 15) is 0 Å². The van der Waals surface area contributed by atoms with Crippen LogP contribution in [0.2, 0.25) is 0 Å². The van der Waals surface area contributed by atoms with E-state index < -0.39 is 0 Å². The normalized spacial score (nSPS) is 15.5. The Morgan fingerprint density at radius 3 is 2.59 bits per heavy atom. The minimum atomic E-state index is 0.930. The van der Waals surface area contributed by atoms with Crippen LogP contribution in [0.25, 0.3) is 0 Å². The highest BCUT2D eigenvalue weighted by Gasteiger charge is 2.18. The summed E-state index contributed by atoms with van der Waals surface area (Å²) in [5, 5.41) is 8.87. The van der Waals surface area contributed by atoms with Crippen LogP contribution in [0.15, 0.2) is 40.8 Å². The number of hydrogen-bond donors (Lipinski definition) is 0. The molecule has 116 valence electrons. The van der Waals surface area contributed by atoms with Gasteiger partial charge in [-0.15, -0.1) is 11.3 Å². The average molecular weight is 315 g/mol. The third-order valence-electron chi connectivity index (χ3n) is 3.92. The van der Waals surface area contributed by atoms with Crippen molar-refractivity contribution in [2.24, 2.45) is 5.10 Å². The molecular weight excluding hydrogens is 294 g/mol. The number of aryl methyl sites for hydroxylation is 1. The quantitative estimate of drug-likeness (QED) is 0.811. The van der Waals surface area contributed by atoms with Gasteiger partial charge in [0.15, 0.2) is 0 Å². The van der Waals surface area contributed by atoms with Gasteiger partial charge in [-0.25, -0.2) is 0 Å². The number of ether oxygens (including phenoxy) is 1. The molecule has 1 aromatic carbocycles. The van der Waals surface area contributed by atoms with Gasteiger partial charge in [-0.1, -0.05) is 12.1 Å². The maximum Gasteiger partial charge on any atom is 0.142 e. The van der Waals surface area contributed by atoms with Gasteiger partial charge in [-0.3, -0.25) is 5.01 Å². The van der Waals surface area contributed by atoms with Crippen LogP contribution >= 0.6 is 11.3 Å². The van der Waals surface area contributed by atoms with Crippen LogP contribution in [0, 0.1) is 6.92 Å². The number of hydrazone groups is 1. The molecule has 5 heteroatoms. The van der Waals surface area contributed by atoms with Crippen LogP contribution in [0.5, 0.6) is 5.75 Å². The first-order valence-corrected chi connectivity index (χ1v) is 8.37. The van der Waals surface area contributed by atoms with Crippen molar-refractivity contribution in [1.29, 1.82) is 0 Å². The summed E-state index contributed by atoms with van der Waals surface area (Å²) in [6, 6.07) is 10.3. The molecular formula is C17H21N3OS. The van der Waals surface area contributed by atoms with E-state index >= 15 is 0 Å². The second-order valence-corrected chi connectivity index (χ2v) is 6.27. The van der Waals surface area contributed by atoms with Crippen molar-refractivity contribution in [3.05, 3.63) is 46.2 Å².